The largest absolute Gasteiger partial charge is 0.479 e. The fourth-order valence-electron chi connectivity index (χ4n) is 2.27. The van der Waals surface area contributed by atoms with E-state index in [1.54, 1.807) is 13.0 Å². The molecule has 0 heterocycles. The fourth-order valence-corrected chi connectivity index (χ4v) is 2.27. The predicted octanol–water partition coefficient (Wildman–Crippen LogP) is 3.56. The number of hydrogen-bond acceptors (Lipinski definition) is 4. The van der Waals surface area contributed by atoms with Crippen LogP contribution in [0.4, 0.5) is 5.69 Å². The van der Waals surface area contributed by atoms with Crippen LogP contribution in [0.2, 0.25) is 0 Å². The zero-order chi connectivity index (χ0) is 18.4. The third-order valence-corrected chi connectivity index (χ3v) is 3.86. The molecule has 2 rings (SSSR count). The SMILES string of the molecule is Cc1cccc(O[C@H](C)C(=O)OCC(=O)Nc2cccc(C)c2C)c1. The van der Waals surface area contributed by atoms with E-state index < -0.39 is 12.1 Å². The molecular weight excluding hydrogens is 318 g/mol. The van der Waals surface area contributed by atoms with Gasteiger partial charge in [-0.2, -0.15) is 0 Å². The number of carbonyl (C=O) groups is 2. The molecule has 0 aliphatic carbocycles. The molecule has 1 atom stereocenters. The summed E-state index contributed by atoms with van der Waals surface area (Å²) in [7, 11) is 0. The zero-order valence-corrected chi connectivity index (χ0v) is 15.0. The Morgan fingerprint density at radius 1 is 1.08 bits per heavy atom. The minimum Gasteiger partial charge on any atom is -0.479 e. The van der Waals surface area contributed by atoms with Crippen molar-refractivity contribution in [3.63, 3.8) is 0 Å². The summed E-state index contributed by atoms with van der Waals surface area (Å²) in [4.78, 5) is 24.0. The van der Waals surface area contributed by atoms with E-state index in [1.165, 1.54) is 0 Å². The van der Waals surface area contributed by atoms with Gasteiger partial charge in [0.15, 0.2) is 12.7 Å². The molecule has 1 amide bonds. The summed E-state index contributed by atoms with van der Waals surface area (Å²) in [5.41, 5.74) is 3.81. The standard InChI is InChI=1S/C20H23NO4/c1-13-7-5-9-17(11-13)25-16(4)20(23)24-12-19(22)21-18-10-6-8-14(2)15(18)3/h5-11,16H,12H2,1-4H3,(H,21,22)/t16-/m1/s1. The molecule has 2 aromatic carbocycles. The van der Waals surface area contributed by atoms with Gasteiger partial charge in [0.25, 0.3) is 5.91 Å². The van der Waals surface area contributed by atoms with Crippen LogP contribution in [0.3, 0.4) is 0 Å². The van der Waals surface area contributed by atoms with Gasteiger partial charge in [-0.1, -0.05) is 24.3 Å². The van der Waals surface area contributed by atoms with Gasteiger partial charge in [-0.15, -0.1) is 0 Å². The van der Waals surface area contributed by atoms with Crippen LogP contribution in [0.5, 0.6) is 5.75 Å². The number of benzene rings is 2. The number of esters is 1. The van der Waals surface area contributed by atoms with Crippen LogP contribution < -0.4 is 10.1 Å². The second kappa shape index (κ2) is 8.33. The summed E-state index contributed by atoms with van der Waals surface area (Å²) in [6, 6.07) is 13.0. The van der Waals surface area contributed by atoms with Gasteiger partial charge in [0.05, 0.1) is 0 Å². The van der Waals surface area contributed by atoms with E-state index in [-0.39, 0.29) is 12.5 Å². The molecule has 0 saturated carbocycles. The van der Waals surface area contributed by atoms with Gasteiger partial charge in [-0.05, 0) is 62.6 Å². The van der Waals surface area contributed by atoms with Crippen LogP contribution in [0.1, 0.15) is 23.6 Å². The predicted molar refractivity (Wildman–Crippen MR) is 96.8 cm³/mol. The van der Waals surface area contributed by atoms with Crippen LogP contribution >= 0.6 is 0 Å². The molecule has 132 valence electrons. The maximum atomic E-state index is 12.0. The zero-order valence-electron chi connectivity index (χ0n) is 15.0. The Bertz CT molecular complexity index is 770. The number of nitrogens with one attached hydrogen (secondary N) is 1. The van der Waals surface area contributed by atoms with Crippen molar-refractivity contribution in [2.45, 2.75) is 33.8 Å². The molecule has 0 spiro atoms. The third-order valence-electron chi connectivity index (χ3n) is 3.86. The average Bonchev–Trinajstić information content (AvgIpc) is 2.57. The van der Waals surface area contributed by atoms with Gasteiger partial charge >= 0.3 is 5.97 Å². The van der Waals surface area contributed by atoms with E-state index in [2.05, 4.69) is 5.32 Å². The lowest BCUT2D eigenvalue weighted by atomic mass is 10.1. The van der Waals surface area contributed by atoms with Crippen molar-refractivity contribution < 1.29 is 19.1 Å². The summed E-state index contributed by atoms with van der Waals surface area (Å²) >= 11 is 0. The van der Waals surface area contributed by atoms with Crippen molar-refractivity contribution in [1.82, 2.24) is 0 Å². The number of rotatable bonds is 6. The Labute approximate surface area is 148 Å². The molecule has 0 radical (unpaired) electrons. The summed E-state index contributed by atoms with van der Waals surface area (Å²) in [6.45, 7) is 7.07. The second-order valence-corrected chi connectivity index (χ2v) is 5.98. The molecule has 0 bridgehead atoms. The lowest BCUT2D eigenvalue weighted by Gasteiger charge is -2.15. The van der Waals surface area contributed by atoms with Gasteiger partial charge in [0, 0.05) is 5.69 Å². The molecule has 0 aromatic heterocycles. The average molecular weight is 341 g/mol. The quantitative estimate of drug-likeness (QED) is 0.816. The monoisotopic (exact) mass is 341 g/mol. The Kier molecular flexibility index (Phi) is 6.17. The van der Waals surface area contributed by atoms with Gasteiger partial charge in [-0.3, -0.25) is 4.79 Å². The molecule has 2 aromatic rings. The molecule has 0 aliphatic rings. The Balaban J connectivity index is 1.84. The highest BCUT2D eigenvalue weighted by molar-refractivity contribution is 5.93. The number of carbonyl (C=O) groups excluding carboxylic acids is 2. The topological polar surface area (TPSA) is 64.6 Å². The minimum absolute atomic E-state index is 0.353. The molecular formula is C20H23NO4. The molecule has 0 saturated heterocycles. The van der Waals surface area contributed by atoms with E-state index in [0.29, 0.717) is 11.4 Å². The first-order chi connectivity index (χ1) is 11.9. The van der Waals surface area contributed by atoms with Crippen molar-refractivity contribution >= 4 is 17.6 Å². The summed E-state index contributed by atoms with van der Waals surface area (Å²) < 4.78 is 10.6. The van der Waals surface area contributed by atoms with Gasteiger partial charge < -0.3 is 14.8 Å². The maximum absolute atomic E-state index is 12.0. The molecule has 0 fully saturated rings. The normalized spacial score (nSPS) is 11.5. The number of anilines is 1. The number of hydrogen-bond donors (Lipinski definition) is 1. The Hall–Kier alpha value is -2.82. The highest BCUT2D eigenvalue weighted by atomic mass is 16.6. The summed E-state index contributed by atoms with van der Waals surface area (Å²) in [5.74, 6) is -0.383. The van der Waals surface area contributed by atoms with E-state index >= 15 is 0 Å². The number of amides is 1. The van der Waals surface area contributed by atoms with Gasteiger partial charge in [0.1, 0.15) is 5.75 Å². The fraction of sp³-hybridized carbons (Fsp3) is 0.300. The first kappa shape index (κ1) is 18.5. The van der Waals surface area contributed by atoms with Crippen LogP contribution in [0.15, 0.2) is 42.5 Å². The van der Waals surface area contributed by atoms with Crippen LogP contribution in [0, 0.1) is 20.8 Å². The molecule has 0 unspecified atom stereocenters. The maximum Gasteiger partial charge on any atom is 0.347 e. The highest BCUT2D eigenvalue weighted by Gasteiger charge is 2.18. The van der Waals surface area contributed by atoms with Crippen LogP contribution in [-0.4, -0.2) is 24.6 Å². The molecule has 5 nitrogen and oxygen atoms in total. The van der Waals surface area contributed by atoms with Crippen molar-refractivity contribution in [3.05, 3.63) is 59.2 Å². The first-order valence-electron chi connectivity index (χ1n) is 8.13. The van der Waals surface area contributed by atoms with E-state index in [0.717, 1.165) is 16.7 Å². The Morgan fingerprint density at radius 2 is 1.80 bits per heavy atom. The molecule has 0 aliphatic heterocycles. The van der Waals surface area contributed by atoms with Gasteiger partial charge in [0.2, 0.25) is 0 Å². The third kappa shape index (κ3) is 5.35. The minimum atomic E-state index is -0.796. The molecule has 5 heteroatoms. The van der Waals surface area contributed by atoms with Gasteiger partial charge in [-0.25, -0.2) is 4.79 Å². The second-order valence-electron chi connectivity index (χ2n) is 5.98. The molecule has 25 heavy (non-hydrogen) atoms. The van der Waals surface area contributed by atoms with Crippen molar-refractivity contribution in [2.24, 2.45) is 0 Å². The highest BCUT2D eigenvalue weighted by Crippen LogP contribution is 2.18. The number of aryl methyl sites for hydroxylation is 2. The molecule has 1 N–H and O–H groups in total. The lowest BCUT2D eigenvalue weighted by Crippen LogP contribution is -2.29. The summed E-state index contributed by atoms with van der Waals surface area (Å²) in [6.07, 6.45) is -0.796. The van der Waals surface area contributed by atoms with Crippen LogP contribution in [-0.2, 0) is 14.3 Å². The van der Waals surface area contributed by atoms with E-state index in [4.69, 9.17) is 9.47 Å². The van der Waals surface area contributed by atoms with Crippen molar-refractivity contribution in [1.29, 1.82) is 0 Å². The van der Waals surface area contributed by atoms with Crippen molar-refractivity contribution in [3.8, 4) is 5.75 Å². The summed E-state index contributed by atoms with van der Waals surface area (Å²) in [5, 5.41) is 2.75. The van der Waals surface area contributed by atoms with Crippen molar-refractivity contribution in [2.75, 3.05) is 11.9 Å². The number of ether oxygens (including phenoxy) is 2. The van der Waals surface area contributed by atoms with E-state index in [9.17, 15) is 9.59 Å². The van der Waals surface area contributed by atoms with Crippen LogP contribution in [0.25, 0.3) is 0 Å². The first-order valence-corrected chi connectivity index (χ1v) is 8.13. The Morgan fingerprint density at radius 3 is 2.52 bits per heavy atom. The smallest absolute Gasteiger partial charge is 0.347 e. The lowest BCUT2D eigenvalue weighted by molar-refractivity contribution is -0.153. The van der Waals surface area contributed by atoms with E-state index in [1.807, 2.05) is 57.2 Å².